The number of aryl methyl sites for hydroxylation is 2. The summed E-state index contributed by atoms with van der Waals surface area (Å²) in [4.78, 5) is 35.8. The molecule has 1 aromatic carbocycles. The number of hydrogen-bond acceptors (Lipinski definition) is 9. The van der Waals surface area contributed by atoms with Gasteiger partial charge in [-0.25, -0.2) is 24.9 Å². The van der Waals surface area contributed by atoms with Gasteiger partial charge in [0.05, 0.1) is 17.0 Å². The van der Waals surface area contributed by atoms with Gasteiger partial charge in [0.25, 0.3) is 5.91 Å². The molecule has 3 aromatic heterocycles. The van der Waals surface area contributed by atoms with Crippen LogP contribution in [0.25, 0.3) is 11.3 Å². The van der Waals surface area contributed by atoms with Crippen LogP contribution in [0.15, 0.2) is 43.1 Å². The summed E-state index contributed by atoms with van der Waals surface area (Å²) < 4.78 is 0. The second-order valence-corrected chi connectivity index (χ2v) is 10.1. The van der Waals surface area contributed by atoms with Gasteiger partial charge in [-0.05, 0) is 37.0 Å². The highest BCUT2D eigenvalue weighted by molar-refractivity contribution is 7.16. The van der Waals surface area contributed by atoms with Crippen LogP contribution in [0.4, 0.5) is 22.5 Å². The third-order valence-corrected chi connectivity index (χ3v) is 6.86. The smallest absolute Gasteiger partial charge is 0.257 e. The number of hydrogen-bond donors (Lipinski definition) is 3. The first kappa shape index (κ1) is 24.2. The van der Waals surface area contributed by atoms with Crippen LogP contribution in [-0.2, 0) is 5.41 Å². The van der Waals surface area contributed by atoms with Gasteiger partial charge < -0.3 is 10.6 Å². The van der Waals surface area contributed by atoms with Gasteiger partial charge in [0.15, 0.2) is 5.13 Å². The summed E-state index contributed by atoms with van der Waals surface area (Å²) >= 11 is 1.51. The molecule has 0 saturated heterocycles. The fraction of sp³-hybridized carbons (Fsp3) is 0.280. The van der Waals surface area contributed by atoms with E-state index in [4.69, 9.17) is 0 Å². The van der Waals surface area contributed by atoms with Crippen LogP contribution in [-0.4, -0.2) is 37.9 Å². The number of thiazole rings is 1. The van der Waals surface area contributed by atoms with Gasteiger partial charge in [0, 0.05) is 35.4 Å². The number of nitrogens with one attached hydrogen (secondary N) is 3. The average molecular weight is 489 g/mol. The highest BCUT2D eigenvalue weighted by Gasteiger charge is 2.22. The van der Waals surface area contributed by atoms with Crippen molar-refractivity contribution in [2.45, 2.75) is 40.0 Å². The van der Waals surface area contributed by atoms with Crippen LogP contribution < -0.4 is 16.0 Å². The predicted octanol–water partition coefficient (Wildman–Crippen LogP) is 5.34. The van der Waals surface area contributed by atoms with Crippen molar-refractivity contribution in [1.29, 1.82) is 0 Å². The molecule has 9 nitrogen and oxygen atoms in total. The van der Waals surface area contributed by atoms with Crippen molar-refractivity contribution in [2.24, 2.45) is 0 Å². The lowest BCUT2D eigenvalue weighted by molar-refractivity contribution is 0.102. The van der Waals surface area contributed by atoms with E-state index in [0.717, 1.165) is 21.8 Å². The fourth-order valence-electron chi connectivity index (χ4n) is 3.60. The molecule has 0 aliphatic rings. The van der Waals surface area contributed by atoms with E-state index in [-0.39, 0.29) is 11.3 Å². The average Bonchev–Trinajstić information content (AvgIpc) is 3.21. The lowest BCUT2D eigenvalue weighted by atomic mass is 9.94. The van der Waals surface area contributed by atoms with Crippen molar-refractivity contribution in [3.8, 4) is 11.3 Å². The Morgan fingerprint density at radius 3 is 2.54 bits per heavy atom. The molecule has 0 radical (unpaired) electrons. The molecule has 0 unspecified atom stereocenters. The van der Waals surface area contributed by atoms with Crippen molar-refractivity contribution in [3.05, 3.63) is 64.8 Å². The summed E-state index contributed by atoms with van der Waals surface area (Å²) in [6.45, 7) is 10.4. The van der Waals surface area contributed by atoms with E-state index < -0.39 is 0 Å². The molecule has 0 atom stereocenters. The number of benzene rings is 1. The van der Waals surface area contributed by atoms with Gasteiger partial charge in [0.1, 0.15) is 24.3 Å². The van der Waals surface area contributed by atoms with Gasteiger partial charge in [0.2, 0.25) is 0 Å². The van der Waals surface area contributed by atoms with Gasteiger partial charge in [-0.15, -0.1) is 11.3 Å². The molecular formula is C25H28N8OS. The summed E-state index contributed by atoms with van der Waals surface area (Å²) in [5, 5.41) is 9.89. The third-order valence-electron chi connectivity index (χ3n) is 5.36. The number of aromatic nitrogens is 5. The fourth-order valence-corrected chi connectivity index (χ4v) is 4.62. The van der Waals surface area contributed by atoms with Crippen molar-refractivity contribution in [1.82, 2.24) is 24.9 Å². The molecule has 3 N–H and O–H groups in total. The maximum Gasteiger partial charge on any atom is 0.257 e. The molecule has 10 heteroatoms. The maximum atomic E-state index is 13.0. The Morgan fingerprint density at radius 1 is 1.03 bits per heavy atom. The molecule has 0 bridgehead atoms. The Bertz CT molecular complexity index is 1380. The number of carbonyl (C=O) groups is 1. The Hall–Kier alpha value is -3.92. The minimum atomic E-state index is -0.223. The number of carbonyl (C=O) groups excluding carboxylic acids is 1. The zero-order valence-electron chi connectivity index (χ0n) is 20.6. The Balaban J connectivity index is 1.60. The normalized spacial score (nSPS) is 11.3. The van der Waals surface area contributed by atoms with E-state index in [0.29, 0.717) is 33.6 Å². The summed E-state index contributed by atoms with van der Waals surface area (Å²) in [5.74, 6) is 1.04. The summed E-state index contributed by atoms with van der Waals surface area (Å²) in [5.41, 5.74) is 4.53. The van der Waals surface area contributed by atoms with E-state index in [1.54, 1.807) is 25.4 Å². The first-order valence-electron chi connectivity index (χ1n) is 11.1. The topological polar surface area (TPSA) is 118 Å². The van der Waals surface area contributed by atoms with Gasteiger partial charge in [-0.3, -0.25) is 10.1 Å². The van der Waals surface area contributed by atoms with Crippen molar-refractivity contribution in [2.75, 3.05) is 23.0 Å². The van der Waals surface area contributed by atoms with Crippen molar-refractivity contribution >= 4 is 39.7 Å². The molecule has 0 spiro atoms. The van der Waals surface area contributed by atoms with Crippen LogP contribution in [0.1, 0.15) is 47.3 Å². The predicted molar refractivity (Wildman–Crippen MR) is 141 cm³/mol. The lowest BCUT2D eigenvalue weighted by Crippen LogP contribution is -2.12. The number of nitrogens with zero attached hydrogens (tertiary/aromatic N) is 5. The van der Waals surface area contributed by atoms with Crippen molar-refractivity contribution < 1.29 is 4.79 Å². The zero-order valence-corrected chi connectivity index (χ0v) is 21.4. The Morgan fingerprint density at radius 2 is 1.83 bits per heavy atom. The first-order chi connectivity index (χ1) is 16.7. The lowest BCUT2D eigenvalue weighted by Gasteiger charge is -2.16. The molecule has 0 aliphatic heterocycles. The number of rotatable bonds is 6. The SMILES string of the molecule is CNc1cc(-c2cncnc2Nc2cc(C(=O)Nc3nc(C)c(C(C)(C)C)s3)ccc2C)ncn1. The van der Waals surface area contributed by atoms with Crippen LogP contribution >= 0.6 is 11.3 Å². The summed E-state index contributed by atoms with van der Waals surface area (Å²) in [6.07, 6.45) is 4.65. The van der Waals surface area contributed by atoms with Crippen LogP contribution in [0.5, 0.6) is 0 Å². The number of anilines is 4. The zero-order chi connectivity index (χ0) is 25.2. The standard InChI is InChI=1S/C25H28N8OS/c1-14-7-8-16(23(34)33-24-31-15(2)21(35-24)25(3,4)5)9-18(14)32-22-17(11-27-12-30-22)19-10-20(26-6)29-13-28-19/h7-13H,1-6H3,(H,26,28,29)(H,27,30,32)(H,31,33,34). The highest BCUT2D eigenvalue weighted by atomic mass is 32.1. The van der Waals surface area contributed by atoms with Crippen LogP contribution in [0.3, 0.4) is 0 Å². The molecule has 3 heterocycles. The van der Waals surface area contributed by atoms with Crippen molar-refractivity contribution in [3.63, 3.8) is 0 Å². The second-order valence-electron chi connectivity index (χ2n) is 9.12. The quantitative estimate of drug-likeness (QED) is 0.333. The van der Waals surface area contributed by atoms with E-state index in [1.807, 2.05) is 26.0 Å². The minimum absolute atomic E-state index is 0.0292. The molecular weight excluding hydrogens is 460 g/mol. The molecule has 1 amide bonds. The van der Waals surface area contributed by atoms with E-state index in [2.05, 4.69) is 61.6 Å². The monoisotopic (exact) mass is 488 g/mol. The molecule has 0 saturated carbocycles. The van der Waals surface area contributed by atoms with Gasteiger partial charge in [-0.1, -0.05) is 26.8 Å². The highest BCUT2D eigenvalue weighted by Crippen LogP contribution is 2.34. The molecule has 4 rings (SSSR count). The molecule has 0 aliphatic carbocycles. The third kappa shape index (κ3) is 5.43. The molecule has 4 aromatic rings. The van der Waals surface area contributed by atoms with Gasteiger partial charge in [-0.2, -0.15) is 0 Å². The Labute approximate surface area is 208 Å². The second kappa shape index (κ2) is 9.75. The Kier molecular flexibility index (Phi) is 6.74. The van der Waals surface area contributed by atoms with E-state index in [1.165, 1.54) is 24.0 Å². The van der Waals surface area contributed by atoms with Crippen LogP contribution in [0.2, 0.25) is 0 Å². The largest absolute Gasteiger partial charge is 0.373 e. The minimum Gasteiger partial charge on any atom is -0.373 e. The summed E-state index contributed by atoms with van der Waals surface area (Å²) in [6, 6.07) is 7.32. The molecule has 180 valence electrons. The molecule has 35 heavy (non-hydrogen) atoms. The maximum absolute atomic E-state index is 13.0. The first-order valence-corrected chi connectivity index (χ1v) is 11.9. The van der Waals surface area contributed by atoms with E-state index >= 15 is 0 Å². The molecule has 0 fully saturated rings. The summed E-state index contributed by atoms with van der Waals surface area (Å²) in [7, 11) is 1.80. The van der Waals surface area contributed by atoms with E-state index in [9.17, 15) is 4.79 Å². The van der Waals surface area contributed by atoms with Gasteiger partial charge >= 0.3 is 0 Å². The van der Waals surface area contributed by atoms with Crippen LogP contribution in [0, 0.1) is 13.8 Å². The number of amides is 1.